The second-order valence-corrected chi connectivity index (χ2v) is 10.4. The quantitative estimate of drug-likeness (QED) is 0.219. The number of aryl methyl sites for hydroxylation is 1. The van der Waals surface area contributed by atoms with Gasteiger partial charge in [0.25, 0.3) is 0 Å². The lowest BCUT2D eigenvalue weighted by Gasteiger charge is -2.04. The van der Waals surface area contributed by atoms with Crippen LogP contribution in [0.25, 0.3) is 45.2 Å². The Morgan fingerprint density at radius 1 is 0.809 bits per heavy atom. The van der Waals surface area contributed by atoms with Crippen molar-refractivity contribution in [3.63, 3.8) is 0 Å². The number of hydrogen-bond acceptors (Lipinski definition) is 14. The minimum atomic E-state index is -0.324. The number of benzene rings is 1. The predicted octanol–water partition coefficient (Wildman–Crippen LogP) is 3.24. The van der Waals surface area contributed by atoms with Crippen LogP contribution in [0.3, 0.4) is 0 Å². The third-order valence-corrected chi connectivity index (χ3v) is 6.96. The van der Waals surface area contributed by atoms with E-state index in [1.807, 2.05) is 31.2 Å². The molecule has 0 saturated heterocycles. The van der Waals surface area contributed by atoms with Gasteiger partial charge in [0, 0.05) is 5.56 Å². The fraction of sp³-hybridized carbons (Fsp3) is 0.107. The van der Waals surface area contributed by atoms with E-state index in [4.69, 9.17) is 27.5 Å². The summed E-state index contributed by atoms with van der Waals surface area (Å²) >= 11 is 5.92. The molecule has 5 N–H and O–H groups in total. The molecule has 0 radical (unpaired) electrons. The van der Waals surface area contributed by atoms with Gasteiger partial charge in [0.2, 0.25) is 11.9 Å². The van der Waals surface area contributed by atoms with Crippen molar-refractivity contribution in [2.24, 2.45) is 0 Å². The highest BCUT2D eigenvalue weighted by Crippen LogP contribution is 2.27. The maximum Gasteiger partial charge on any atom is 0.222 e. The summed E-state index contributed by atoms with van der Waals surface area (Å²) in [5.74, 6) is 1.18. The monoisotopic (exact) mass is 652 g/mol. The number of halogens is 2. The second kappa shape index (κ2) is 12.2. The van der Waals surface area contributed by atoms with Crippen LogP contribution >= 0.6 is 11.6 Å². The van der Waals surface area contributed by atoms with Gasteiger partial charge in [-0.15, -0.1) is 10.2 Å². The Balaban J connectivity index is 0.000000150. The normalized spacial score (nSPS) is 11.2. The Bertz CT molecular complexity index is 2350. The number of hydrogen-bond donors (Lipinski definition) is 3. The first-order chi connectivity index (χ1) is 22.8. The van der Waals surface area contributed by atoms with Crippen molar-refractivity contribution in [3.05, 3.63) is 88.8 Å². The number of pyridine rings is 1. The number of rotatable bonds is 6. The van der Waals surface area contributed by atoms with E-state index in [0.717, 1.165) is 11.5 Å². The average molecular weight is 653 g/mol. The topological polar surface area (TPSA) is 233 Å². The molecule has 19 heteroatoms. The molecule has 234 valence electrons. The van der Waals surface area contributed by atoms with Crippen molar-refractivity contribution in [1.82, 2.24) is 70.3 Å². The third kappa shape index (κ3) is 5.99. The number of nitrogens with two attached hydrogens (primary N) is 2. The van der Waals surface area contributed by atoms with Crippen LogP contribution < -0.4 is 11.5 Å². The number of H-pyrrole nitrogens is 1. The van der Waals surface area contributed by atoms with E-state index in [-0.39, 0.29) is 24.3 Å². The fourth-order valence-electron chi connectivity index (χ4n) is 4.67. The molecule has 8 rings (SSSR count). The summed E-state index contributed by atoms with van der Waals surface area (Å²) < 4.78 is 22.5. The molecule has 0 fully saturated rings. The number of furan rings is 1. The molecule has 1 aromatic carbocycles. The lowest BCUT2D eigenvalue weighted by Crippen LogP contribution is -2.06. The number of nitrogens with zero attached hydrogens (tertiary/aromatic N) is 13. The Morgan fingerprint density at radius 2 is 1.51 bits per heavy atom. The Hall–Kier alpha value is -6.43. The number of nitrogens with one attached hydrogen (secondary N) is 1. The van der Waals surface area contributed by atoms with Crippen LogP contribution in [-0.2, 0) is 13.1 Å². The zero-order chi connectivity index (χ0) is 32.5. The molecule has 0 atom stereocenters. The van der Waals surface area contributed by atoms with E-state index in [2.05, 4.69) is 61.0 Å². The van der Waals surface area contributed by atoms with E-state index < -0.39 is 0 Å². The minimum absolute atomic E-state index is 0.0487. The van der Waals surface area contributed by atoms with Crippen LogP contribution in [0.5, 0.6) is 0 Å². The lowest BCUT2D eigenvalue weighted by molar-refractivity contribution is 0.547. The smallest absolute Gasteiger partial charge is 0.222 e. The summed E-state index contributed by atoms with van der Waals surface area (Å²) in [4.78, 5) is 21.0. The summed E-state index contributed by atoms with van der Waals surface area (Å²) in [7, 11) is 0. The number of nitrogen functional groups attached to an aromatic ring is 2. The summed E-state index contributed by atoms with van der Waals surface area (Å²) in [6, 6.07) is 15.5. The van der Waals surface area contributed by atoms with Crippen molar-refractivity contribution < 1.29 is 8.81 Å². The predicted molar refractivity (Wildman–Crippen MR) is 167 cm³/mol. The van der Waals surface area contributed by atoms with Gasteiger partial charge in [0.1, 0.15) is 33.8 Å². The molecule has 0 spiro atoms. The maximum absolute atomic E-state index is 13.8. The standard InChI is InChI=1S/C15H12ClN7O.C13H10FN9/c1-8-5-6-10(24-8)12-13-14(20-15(17)19-12)23(22-21-13)7-9-3-2-4-11(16)18-9;14-8-4-2-1-3-7(8)6-23-12-11(20-22-23)10(17-13(15)18-12)9-5-16-21-19-9/h2-6H,7H2,1H3,(H2,17,19,20);1-5H,6H2,(H2,15,17,18)(H,16,19,21). The molecule has 17 nitrogen and oxygen atoms in total. The van der Waals surface area contributed by atoms with Crippen LogP contribution in [0.2, 0.25) is 5.15 Å². The van der Waals surface area contributed by atoms with Gasteiger partial charge in [0.15, 0.2) is 28.1 Å². The van der Waals surface area contributed by atoms with Crippen molar-refractivity contribution in [1.29, 1.82) is 0 Å². The van der Waals surface area contributed by atoms with Crippen molar-refractivity contribution in [2.75, 3.05) is 11.5 Å². The average Bonchev–Trinajstić information content (AvgIpc) is 3.87. The highest BCUT2D eigenvalue weighted by molar-refractivity contribution is 6.29. The van der Waals surface area contributed by atoms with Gasteiger partial charge in [0.05, 0.1) is 25.0 Å². The highest BCUT2D eigenvalue weighted by atomic mass is 35.5. The van der Waals surface area contributed by atoms with E-state index in [1.165, 1.54) is 16.9 Å². The van der Waals surface area contributed by atoms with Crippen LogP contribution in [-0.4, -0.2) is 70.3 Å². The zero-order valence-electron chi connectivity index (χ0n) is 24.3. The molecule has 0 aliphatic rings. The number of anilines is 2. The van der Waals surface area contributed by atoms with Gasteiger partial charge in [-0.05, 0) is 37.3 Å². The zero-order valence-corrected chi connectivity index (χ0v) is 25.1. The van der Waals surface area contributed by atoms with Gasteiger partial charge in [-0.25, -0.2) is 28.7 Å². The van der Waals surface area contributed by atoms with Crippen molar-refractivity contribution in [2.45, 2.75) is 20.0 Å². The van der Waals surface area contributed by atoms with Crippen LogP contribution in [0.4, 0.5) is 16.3 Å². The molecule has 7 heterocycles. The second-order valence-electron chi connectivity index (χ2n) is 10.0. The number of aromatic nitrogens is 14. The van der Waals surface area contributed by atoms with Gasteiger partial charge < -0.3 is 15.9 Å². The van der Waals surface area contributed by atoms with Crippen LogP contribution in [0.15, 0.2) is 65.2 Å². The SMILES string of the molecule is Cc1ccc(-c2nc(N)nc3c2nnn3Cc2cccc(Cl)n2)o1.Nc1nc(-c2cn[nH]n2)c2nnn(Cc3ccccc3F)c2n1. The molecular weight excluding hydrogens is 631 g/mol. The molecule has 47 heavy (non-hydrogen) atoms. The molecule has 8 aromatic rings. The van der Waals surface area contributed by atoms with Crippen LogP contribution in [0.1, 0.15) is 17.0 Å². The summed E-state index contributed by atoms with van der Waals surface area (Å²) in [5.41, 5.74) is 16.1. The molecule has 0 aliphatic heterocycles. The molecule has 0 aliphatic carbocycles. The molecule has 0 unspecified atom stereocenters. The van der Waals surface area contributed by atoms with E-state index >= 15 is 0 Å². The lowest BCUT2D eigenvalue weighted by atomic mass is 10.2. The summed E-state index contributed by atoms with van der Waals surface area (Å²) in [6.07, 6.45) is 1.50. The van der Waals surface area contributed by atoms with Crippen LogP contribution in [0, 0.1) is 12.7 Å². The van der Waals surface area contributed by atoms with Gasteiger partial charge in [-0.1, -0.05) is 46.3 Å². The first-order valence-electron chi connectivity index (χ1n) is 13.8. The Morgan fingerprint density at radius 3 is 2.17 bits per heavy atom. The highest BCUT2D eigenvalue weighted by Gasteiger charge is 2.19. The van der Waals surface area contributed by atoms with Gasteiger partial charge in [-0.3, -0.25) is 0 Å². The minimum Gasteiger partial charge on any atom is -0.460 e. The van der Waals surface area contributed by atoms with Crippen molar-refractivity contribution in [3.8, 4) is 22.8 Å². The number of aromatic amines is 1. The first-order valence-corrected chi connectivity index (χ1v) is 14.2. The van der Waals surface area contributed by atoms with Crippen molar-refractivity contribution >= 4 is 45.8 Å². The van der Waals surface area contributed by atoms with E-state index in [1.54, 1.807) is 28.9 Å². The van der Waals surface area contributed by atoms with E-state index in [9.17, 15) is 4.39 Å². The van der Waals surface area contributed by atoms with Gasteiger partial charge >= 0.3 is 0 Å². The summed E-state index contributed by atoms with van der Waals surface area (Å²) in [5, 5.41) is 27.0. The fourth-order valence-corrected chi connectivity index (χ4v) is 4.85. The first kappa shape index (κ1) is 29.3. The Kier molecular flexibility index (Phi) is 7.58. The Labute approximate surface area is 267 Å². The number of fused-ring (bicyclic) bond motifs is 2. The van der Waals surface area contributed by atoms with Gasteiger partial charge in [-0.2, -0.15) is 25.4 Å². The molecular formula is C28H22ClFN16O. The third-order valence-electron chi connectivity index (χ3n) is 6.75. The molecule has 0 amide bonds. The molecule has 0 saturated carbocycles. The molecule has 7 aromatic heterocycles. The summed E-state index contributed by atoms with van der Waals surface area (Å²) in [6.45, 7) is 2.40. The van der Waals surface area contributed by atoms with E-state index in [0.29, 0.717) is 62.4 Å². The molecule has 0 bridgehead atoms. The maximum atomic E-state index is 13.8. The largest absolute Gasteiger partial charge is 0.460 e.